The molecular formula is C17H22N2OS. The number of anilines is 1. The minimum Gasteiger partial charge on any atom is -0.348 e. The van der Waals surface area contributed by atoms with Crippen molar-refractivity contribution in [1.82, 2.24) is 4.90 Å². The molecule has 4 heteroatoms. The van der Waals surface area contributed by atoms with E-state index in [-0.39, 0.29) is 0 Å². The lowest BCUT2D eigenvalue weighted by molar-refractivity contribution is -0.134. The van der Waals surface area contributed by atoms with Crippen molar-refractivity contribution >= 4 is 28.8 Å². The molecule has 2 aliphatic rings. The van der Waals surface area contributed by atoms with Gasteiger partial charge in [0.05, 0.1) is 0 Å². The molecule has 0 aromatic heterocycles. The van der Waals surface area contributed by atoms with Gasteiger partial charge in [0, 0.05) is 30.1 Å². The van der Waals surface area contributed by atoms with Crippen molar-refractivity contribution in [3.05, 3.63) is 29.8 Å². The van der Waals surface area contributed by atoms with Gasteiger partial charge in [0.25, 0.3) is 0 Å². The van der Waals surface area contributed by atoms with Gasteiger partial charge in [0.2, 0.25) is 0 Å². The molecule has 0 amide bonds. The molecule has 1 N–H and O–H groups in total. The SMILES string of the molecule is CCc1ccc(NC(=S)N2CC3(CC(C(C)=O)C3)C2)cc1. The average Bonchev–Trinajstić information content (AvgIpc) is 2.36. The van der Waals surface area contributed by atoms with Crippen molar-refractivity contribution in [3.8, 4) is 0 Å². The fourth-order valence-corrected chi connectivity index (χ4v) is 3.71. The predicted octanol–water partition coefficient (Wildman–Crippen LogP) is 3.25. The largest absolute Gasteiger partial charge is 0.348 e. The predicted molar refractivity (Wildman–Crippen MR) is 89.5 cm³/mol. The van der Waals surface area contributed by atoms with E-state index >= 15 is 0 Å². The van der Waals surface area contributed by atoms with E-state index in [4.69, 9.17) is 12.2 Å². The number of likely N-dealkylation sites (tertiary alicyclic amines) is 1. The van der Waals surface area contributed by atoms with Crippen molar-refractivity contribution in [2.45, 2.75) is 33.1 Å². The lowest BCUT2D eigenvalue weighted by atomic mass is 9.57. The van der Waals surface area contributed by atoms with Gasteiger partial charge in [-0.2, -0.15) is 0 Å². The van der Waals surface area contributed by atoms with Crippen molar-refractivity contribution in [1.29, 1.82) is 0 Å². The van der Waals surface area contributed by atoms with Crippen LogP contribution in [0.25, 0.3) is 0 Å². The monoisotopic (exact) mass is 302 g/mol. The second-order valence-electron chi connectivity index (χ2n) is 6.55. The van der Waals surface area contributed by atoms with Crippen LogP contribution in [0.1, 0.15) is 32.3 Å². The molecule has 2 fully saturated rings. The van der Waals surface area contributed by atoms with Crippen LogP contribution in [0.15, 0.2) is 24.3 Å². The summed E-state index contributed by atoms with van der Waals surface area (Å²) in [6.07, 6.45) is 3.15. The number of nitrogens with zero attached hydrogens (tertiary/aromatic N) is 1. The van der Waals surface area contributed by atoms with Gasteiger partial charge in [-0.25, -0.2) is 0 Å². The topological polar surface area (TPSA) is 32.3 Å². The van der Waals surface area contributed by atoms with Crippen molar-refractivity contribution in [2.24, 2.45) is 11.3 Å². The van der Waals surface area contributed by atoms with E-state index in [1.54, 1.807) is 6.92 Å². The first-order chi connectivity index (χ1) is 10.0. The fraction of sp³-hybridized carbons (Fsp3) is 0.529. The molecule has 3 rings (SSSR count). The summed E-state index contributed by atoms with van der Waals surface area (Å²) in [5, 5.41) is 4.11. The summed E-state index contributed by atoms with van der Waals surface area (Å²) in [6, 6.07) is 8.42. The van der Waals surface area contributed by atoms with E-state index in [1.165, 1.54) is 5.56 Å². The minimum absolute atomic E-state index is 0.301. The normalized spacial score (nSPS) is 19.8. The Hall–Kier alpha value is -1.42. The Bertz CT molecular complexity index is 553. The van der Waals surface area contributed by atoms with Gasteiger partial charge >= 0.3 is 0 Å². The van der Waals surface area contributed by atoms with E-state index in [2.05, 4.69) is 41.4 Å². The highest BCUT2D eigenvalue weighted by molar-refractivity contribution is 7.80. The van der Waals surface area contributed by atoms with Crippen molar-refractivity contribution in [2.75, 3.05) is 18.4 Å². The maximum absolute atomic E-state index is 11.3. The van der Waals surface area contributed by atoms with Crippen LogP contribution in [0.3, 0.4) is 0 Å². The fourth-order valence-electron chi connectivity index (χ4n) is 3.46. The van der Waals surface area contributed by atoms with Gasteiger partial charge in [0.1, 0.15) is 5.78 Å². The number of Topliss-reactive ketones (excluding diaryl/α,β-unsaturated/α-hetero) is 1. The molecule has 1 aliphatic heterocycles. The zero-order valence-corrected chi connectivity index (χ0v) is 13.5. The minimum atomic E-state index is 0.301. The number of rotatable bonds is 3. The van der Waals surface area contributed by atoms with Gasteiger partial charge in [0.15, 0.2) is 5.11 Å². The zero-order valence-electron chi connectivity index (χ0n) is 12.7. The molecule has 1 saturated carbocycles. The lowest BCUT2D eigenvalue weighted by Gasteiger charge is -2.59. The number of carbonyl (C=O) groups excluding carboxylic acids is 1. The first kappa shape index (κ1) is 14.5. The smallest absolute Gasteiger partial charge is 0.173 e. The maximum Gasteiger partial charge on any atom is 0.173 e. The first-order valence-electron chi connectivity index (χ1n) is 7.67. The third kappa shape index (κ3) is 2.82. The van der Waals surface area contributed by atoms with E-state index in [0.29, 0.717) is 17.1 Å². The third-order valence-electron chi connectivity index (χ3n) is 4.89. The number of thiocarbonyl (C=S) groups is 1. The lowest BCUT2D eigenvalue weighted by Crippen LogP contribution is -2.65. The molecule has 0 radical (unpaired) electrons. The van der Waals surface area contributed by atoms with Crippen LogP contribution in [0.2, 0.25) is 0 Å². The second kappa shape index (κ2) is 5.41. The molecule has 0 atom stereocenters. The van der Waals surface area contributed by atoms with Gasteiger partial charge in [-0.1, -0.05) is 19.1 Å². The molecule has 1 aromatic carbocycles. The Morgan fingerprint density at radius 3 is 2.48 bits per heavy atom. The third-order valence-corrected chi connectivity index (χ3v) is 5.25. The number of carbonyl (C=O) groups is 1. The van der Waals surface area contributed by atoms with E-state index < -0.39 is 0 Å². The summed E-state index contributed by atoms with van der Waals surface area (Å²) in [4.78, 5) is 13.5. The van der Waals surface area contributed by atoms with Crippen molar-refractivity contribution < 1.29 is 4.79 Å². The van der Waals surface area contributed by atoms with Crippen LogP contribution in [0.5, 0.6) is 0 Å². The molecule has 0 unspecified atom stereocenters. The van der Waals surface area contributed by atoms with E-state index in [9.17, 15) is 4.79 Å². The molecule has 1 saturated heterocycles. The number of ketones is 1. The molecule has 1 aromatic rings. The second-order valence-corrected chi connectivity index (χ2v) is 6.94. The Morgan fingerprint density at radius 2 is 1.95 bits per heavy atom. The first-order valence-corrected chi connectivity index (χ1v) is 8.07. The van der Waals surface area contributed by atoms with Crippen LogP contribution in [0.4, 0.5) is 5.69 Å². The highest BCUT2D eigenvalue weighted by Gasteiger charge is 2.54. The summed E-state index contributed by atoms with van der Waals surface area (Å²) < 4.78 is 0. The van der Waals surface area contributed by atoms with E-state index in [0.717, 1.165) is 43.2 Å². The summed E-state index contributed by atoms with van der Waals surface area (Å²) in [5.41, 5.74) is 2.75. The van der Waals surface area contributed by atoms with E-state index in [1.807, 2.05) is 0 Å². The molecule has 1 spiro atoms. The van der Waals surface area contributed by atoms with Crippen LogP contribution in [-0.4, -0.2) is 28.9 Å². The van der Waals surface area contributed by atoms with Crippen LogP contribution in [0, 0.1) is 11.3 Å². The number of hydrogen-bond donors (Lipinski definition) is 1. The molecule has 1 aliphatic carbocycles. The molecule has 0 bridgehead atoms. The Balaban J connectivity index is 1.49. The molecule has 1 heterocycles. The zero-order chi connectivity index (χ0) is 15.0. The highest BCUT2D eigenvalue weighted by Crippen LogP contribution is 2.52. The molecule has 3 nitrogen and oxygen atoms in total. The Labute approximate surface area is 131 Å². The van der Waals surface area contributed by atoms with Gasteiger partial charge < -0.3 is 10.2 Å². The quantitative estimate of drug-likeness (QED) is 0.869. The summed E-state index contributed by atoms with van der Waals surface area (Å²) in [5.74, 6) is 0.644. The number of aryl methyl sites for hydroxylation is 1. The Kier molecular flexibility index (Phi) is 3.74. The van der Waals surface area contributed by atoms with Crippen LogP contribution >= 0.6 is 12.2 Å². The summed E-state index contributed by atoms with van der Waals surface area (Å²) in [7, 11) is 0. The number of nitrogens with one attached hydrogen (secondary N) is 1. The average molecular weight is 302 g/mol. The standard InChI is InChI=1S/C17H22N2OS/c1-3-13-4-6-15(7-5-13)18-16(21)19-10-17(11-19)8-14(9-17)12(2)20/h4-7,14H,3,8-11H2,1-2H3,(H,18,21). The van der Waals surface area contributed by atoms with Crippen molar-refractivity contribution in [3.63, 3.8) is 0 Å². The van der Waals surface area contributed by atoms with Crippen LogP contribution in [-0.2, 0) is 11.2 Å². The van der Waals surface area contributed by atoms with Crippen LogP contribution < -0.4 is 5.32 Å². The summed E-state index contributed by atoms with van der Waals surface area (Å²) >= 11 is 5.47. The maximum atomic E-state index is 11.3. The van der Waals surface area contributed by atoms with Gasteiger partial charge in [-0.3, -0.25) is 4.79 Å². The number of benzene rings is 1. The van der Waals surface area contributed by atoms with Gasteiger partial charge in [-0.05, 0) is 56.1 Å². The molecule has 21 heavy (non-hydrogen) atoms. The molecule has 112 valence electrons. The highest BCUT2D eigenvalue weighted by atomic mass is 32.1. The number of hydrogen-bond acceptors (Lipinski definition) is 2. The molecular weight excluding hydrogens is 280 g/mol. The Morgan fingerprint density at radius 1 is 1.33 bits per heavy atom. The summed E-state index contributed by atoms with van der Waals surface area (Å²) in [6.45, 7) is 5.85. The van der Waals surface area contributed by atoms with Gasteiger partial charge in [-0.15, -0.1) is 0 Å².